The molecule has 0 rings (SSSR count). The molecule has 0 aromatic heterocycles. The molecule has 0 aliphatic rings. The molecular weight excluding hydrogens is 578 g/mol. The number of ketones is 1. The van der Waals surface area contributed by atoms with Crippen molar-refractivity contribution < 1.29 is 33.9 Å². The first-order chi connectivity index (χ1) is 20.7. The second-order valence-electron chi connectivity index (χ2n) is 14.2. The molecule has 0 spiro atoms. The lowest BCUT2D eigenvalue weighted by atomic mass is 9.95. The van der Waals surface area contributed by atoms with Crippen molar-refractivity contribution in [3.8, 4) is 0 Å². The van der Waals surface area contributed by atoms with Gasteiger partial charge in [-0.25, -0.2) is 0 Å². The fraction of sp³-hybridized carbons (Fsp3) is 0.818. The molecular formula is C33H61N5O7. The number of nitrogens with one attached hydrogen (secondary N) is 5. The van der Waals surface area contributed by atoms with Crippen LogP contribution in [0.25, 0.3) is 0 Å². The summed E-state index contributed by atoms with van der Waals surface area (Å²) in [5.74, 6) is -2.72. The predicted octanol–water partition coefficient (Wildman–Crippen LogP) is 2.22. The van der Waals surface area contributed by atoms with Gasteiger partial charge in [0.15, 0.2) is 5.78 Å². The van der Waals surface area contributed by atoms with Crippen LogP contribution in [0.1, 0.15) is 109 Å². The van der Waals surface area contributed by atoms with Crippen LogP contribution in [0, 0.1) is 29.6 Å². The third-order valence-corrected chi connectivity index (χ3v) is 7.30. The Kier molecular flexibility index (Phi) is 18.8. The van der Waals surface area contributed by atoms with E-state index in [1.165, 1.54) is 13.8 Å². The number of hydrogen-bond acceptors (Lipinski definition) is 7. The minimum absolute atomic E-state index is 0.0516. The quantitative estimate of drug-likeness (QED) is 0.118. The number of Topliss-reactive ketones (excluding diaryl/α,β-unsaturated/α-hetero) is 1. The molecule has 0 heterocycles. The molecule has 260 valence electrons. The Hall–Kier alpha value is -3.02. The van der Waals surface area contributed by atoms with Crippen LogP contribution < -0.4 is 26.6 Å². The molecule has 0 bridgehead atoms. The van der Waals surface area contributed by atoms with Gasteiger partial charge in [0.1, 0.15) is 18.1 Å². The molecule has 0 aliphatic heterocycles. The van der Waals surface area contributed by atoms with Gasteiger partial charge in [0.25, 0.3) is 0 Å². The van der Waals surface area contributed by atoms with E-state index in [9.17, 15) is 33.9 Å². The highest BCUT2D eigenvalue weighted by Gasteiger charge is 2.33. The number of carbonyl (C=O) groups excluding carboxylic acids is 6. The Morgan fingerprint density at radius 3 is 1.44 bits per heavy atom. The topological polar surface area (TPSA) is 183 Å². The van der Waals surface area contributed by atoms with E-state index in [4.69, 9.17) is 0 Å². The second kappa shape index (κ2) is 20.2. The van der Waals surface area contributed by atoms with Crippen molar-refractivity contribution in [1.29, 1.82) is 0 Å². The fourth-order valence-corrected chi connectivity index (χ4v) is 4.80. The first-order valence-electron chi connectivity index (χ1n) is 16.3. The van der Waals surface area contributed by atoms with Crippen molar-refractivity contribution in [2.45, 2.75) is 145 Å². The summed E-state index contributed by atoms with van der Waals surface area (Å²) in [7, 11) is 0. The normalized spacial score (nSPS) is 15.7. The van der Waals surface area contributed by atoms with Crippen molar-refractivity contribution in [3.63, 3.8) is 0 Å². The van der Waals surface area contributed by atoms with Gasteiger partial charge in [-0.1, -0.05) is 69.2 Å². The Bertz CT molecular complexity index is 996. The average molecular weight is 640 g/mol. The molecule has 0 aromatic rings. The third kappa shape index (κ3) is 16.7. The van der Waals surface area contributed by atoms with Crippen LogP contribution in [0.3, 0.4) is 0 Å². The molecule has 45 heavy (non-hydrogen) atoms. The summed E-state index contributed by atoms with van der Waals surface area (Å²) in [6.45, 7) is 21.6. The monoisotopic (exact) mass is 639 g/mol. The molecule has 5 amide bonds. The maximum Gasteiger partial charge on any atom is 0.243 e. The Morgan fingerprint density at radius 2 is 1.00 bits per heavy atom. The first kappa shape index (κ1) is 42.0. The van der Waals surface area contributed by atoms with Crippen molar-refractivity contribution in [2.24, 2.45) is 29.6 Å². The summed E-state index contributed by atoms with van der Waals surface area (Å²) < 4.78 is 0. The summed E-state index contributed by atoms with van der Waals surface area (Å²) in [5.41, 5.74) is 0. The number of rotatable bonds is 20. The van der Waals surface area contributed by atoms with E-state index in [2.05, 4.69) is 26.6 Å². The Balaban J connectivity index is 5.55. The number of amides is 5. The Morgan fingerprint density at radius 1 is 0.533 bits per heavy atom. The zero-order chi connectivity index (χ0) is 35.2. The molecule has 0 radical (unpaired) electrons. The highest BCUT2D eigenvalue weighted by molar-refractivity contribution is 5.93. The van der Waals surface area contributed by atoms with Crippen molar-refractivity contribution in [1.82, 2.24) is 26.6 Å². The van der Waals surface area contributed by atoms with Crippen molar-refractivity contribution >= 4 is 35.3 Å². The van der Waals surface area contributed by atoms with Gasteiger partial charge in [-0.2, -0.15) is 0 Å². The minimum atomic E-state index is -1.28. The summed E-state index contributed by atoms with van der Waals surface area (Å²) >= 11 is 0. The summed E-state index contributed by atoms with van der Waals surface area (Å²) in [6, 6.07) is -4.21. The van der Waals surface area contributed by atoms with E-state index in [1.807, 2.05) is 55.4 Å². The van der Waals surface area contributed by atoms with Gasteiger partial charge in [0.2, 0.25) is 29.5 Å². The lowest BCUT2D eigenvalue weighted by Gasteiger charge is -2.31. The lowest BCUT2D eigenvalue weighted by Crippen LogP contribution is -2.59. The molecule has 12 nitrogen and oxygen atoms in total. The summed E-state index contributed by atoms with van der Waals surface area (Å²) in [5, 5.41) is 24.6. The summed E-state index contributed by atoms with van der Waals surface area (Å²) in [6.07, 6.45) is -0.565. The van der Waals surface area contributed by atoms with Crippen LogP contribution in [0.5, 0.6) is 0 Å². The van der Waals surface area contributed by atoms with Gasteiger partial charge in [-0.05, 0) is 56.3 Å². The maximum absolute atomic E-state index is 13.5. The lowest BCUT2D eigenvalue weighted by molar-refractivity contribution is -0.134. The van der Waals surface area contributed by atoms with Crippen LogP contribution >= 0.6 is 0 Å². The van der Waals surface area contributed by atoms with E-state index in [-0.39, 0.29) is 54.1 Å². The number of carbonyl (C=O) groups is 6. The molecule has 0 saturated carbocycles. The van der Waals surface area contributed by atoms with Crippen molar-refractivity contribution in [3.05, 3.63) is 0 Å². The molecule has 0 fully saturated rings. The van der Waals surface area contributed by atoms with Gasteiger partial charge < -0.3 is 31.7 Å². The standard InChI is InChI=1S/C33H61N5O7/c1-17(2)13-24(23(12)39)35-31(43)22(11)34-28(42)16-26(40)25(14-18(3)4)36-32(44)30(21(9)10)38-33(45)29(20(7)8)37-27(41)15-19(5)6/h17-22,24-26,29-30,40H,13-16H2,1-12H3,(H,34,42)(H,35,43)(H,36,44)(H,37,41)(H,38,45)/t22-,24?,25-,26-,29-,30-/m0/s1. The average Bonchev–Trinajstić information content (AvgIpc) is 2.87. The minimum Gasteiger partial charge on any atom is -0.390 e. The molecule has 1 unspecified atom stereocenters. The maximum atomic E-state index is 13.5. The zero-order valence-corrected chi connectivity index (χ0v) is 29.6. The van der Waals surface area contributed by atoms with Gasteiger partial charge in [-0.3, -0.25) is 28.8 Å². The van der Waals surface area contributed by atoms with E-state index >= 15 is 0 Å². The second-order valence-corrected chi connectivity index (χ2v) is 14.2. The van der Waals surface area contributed by atoms with E-state index in [0.717, 1.165) is 0 Å². The van der Waals surface area contributed by atoms with Crippen LogP contribution in [-0.2, 0) is 28.8 Å². The van der Waals surface area contributed by atoms with Crippen LogP contribution in [0.15, 0.2) is 0 Å². The molecule has 6 N–H and O–H groups in total. The molecule has 6 atom stereocenters. The molecule has 0 saturated heterocycles. The Labute approximate surface area is 270 Å². The van der Waals surface area contributed by atoms with Crippen LogP contribution in [0.2, 0.25) is 0 Å². The van der Waals surface area contributed by atoms with Gasteiger partial charge in [0, 0.05) is 6.42 Å². The van der Waals surface area contributed by atoms with Crippen molar-refractivity contribution in [2.75, 3.05) is 0 Å². The highest BCUT2D eigenvalue weighted by Crippen LogP contribution is 2.14. The number of aliphatic hydroxyl groups is 1. The van der Waals surface area contributed by atoms with Crippen LogP contribution in [0.4, 0.5) is 0 Å². The molecule has 0 aromatic carbocycles. The van der Waals surface area contributed by atoms with Gasteiger partial charge in [0.05, 0.1) is 24.6 Å². The third-order valence-electron chi connectivity index (χ3n) is 7.30. The number of aliphatic hydroxyl groups excluding tert-OH is 1. The summed E-state index contributed by atoms with van der Waals surface area (Å²) in [4.78, 5) is 76.5. The molecule has 0 aliphatic carbocycles. The predicted molar refractivity (Wildman–Crippen MR) is 175 cm³/mol. The van der Waals surface area contributed by atoms with E-state index in [1.54, 1.807) is 13.8 Å². The van der Waals surface area contributed by atoms with E-state index in [0.29, 0.717) is 12.8 Å². The highest BCUT2D eigenvalue weighted by atomic mass is 16.3. The van der Waals surface area contributed by atoms with E-state index < -0.39 is 59.9 Å². The fourth-order valence-electron chi connectivity index (χ4n) is 4.80. The smallest absolute Gasteiger partial charge is 0.243 e. The first-order valence-corrected chi connectivity index (χ1v) is 16.3. The largest absolute Gasteiger partial charge is 0.390 e. The van der Waals surface area contributed by atoms with Gasteiger partial charge in [-0.15, -0.1) is 0 Å². The zero-order valence-electron chi connectivity index (χ0n) is 29.6. The van der Waals surface area contributed by atoms with Crippen LogP contribution in [-0.4, -0.2) is 76.7 Å². The molecule has 12 heteroatoms. The number of hydrogen-bond donors (Lipinski definition) is 6. The van der Waals surface area contributed by atoms with Gasteiger partial charge >= 0.3 is 0 Å². The SMILES string of the molecule is CC(=O)C(CC(C)C)NC(=O)[C@H](C)NC(=O)C[C@H](O)[C@H](CC(C)C)NC(=O)[C@@H](NC(=O)[C@@H](NC(=O)CC(C)C)C(C)C)C(C)C.